The van der Waals surface area contributed by atoms with Gasteiger partial charge in [0.1, 0.15) is 0 Å². The number of halogens is 2. The van der Waals surface area contributed by atoms with Crippen LogP contribution in [-0.2, 0) is 19.1 Å². The van der Waals surface area contributed by atoms with Gasteiger partial charge >= 0.3 is 174 Å². The molecule has 3 aliphatic rings. The van der Waals surface area contributed by atoms with Crippen LogP contribution in [0, 0.1) is 5.41 Å². The number of hydrogen-bond acceptors (Lipinski definition) is 0. The number of hydrogen-bond donors (Lipinski definition) is 0. The molecule has 3 aliphatic carbocycles. The van der Waals surface area contributed by atoms with Crippen LogP contribution in [0.15, 0.2) is 46.1 Å². The molecular formula is C21H29Cl2GeHf. The van der Waals surface area contributed by atoms with Crippen LogP contribution in [0.25, 0.3) is 0 Å². The van der Waals surface area contributed by atoms with Gasteiger partial charge in [-0.1, -0.05) is 0 Å². The molecule has 0 amide bonds. The predicted octanol–water partition coefficient (Wildman–Crippen LogP) is 7.32. The summed E-state index contributed by atoms with van der Waals surface area (Å²) in [6.07, 6.45) is 11.5. The molecule has 0 bridgehead atoms. The van der Waals surface area contributed by atoms with E-state index >= 15 is 0 Å². The summed E-state index contributed by atoms with van der Waals surface area (Å²) in [4.78, 5) is 0. The van der Waals surface area contributed by atoms with Gasteiger partial charge in [0, 0.05) is 0 Å². The summed E-state index contributed by atoms with van der Waals surface area (Å²) < 4.78 is 1.78. The van der Waals surface area contributed by atoms with Crippen LogP contribution < -0.4 is 0 Å². The second kappa shape index (κ2) is 7.34. The van der Waals surface area contributed by atoms with Crippen molar-refractivity contribution in [1.29, 1.82) is 0 Å². The van der Waals surface area contributed by atoms with Crippen LogP contribution in [0.3, 0.4) is 0 Å². The Morgan fingerprint density at radius 2 is 1.80 bits per heavy atom. The van der Waals surface area contributed by atoms with E-state index in [1.54, 1.807) is 11.1 Å². The third kappa shape index (κ3) is 2.98. The molecule has 0 spiro atoms. The molecular weight excluding hydrogens is 574 g/mol. The molecule has 0 radical (unpaired) electrons. The van der Waals surface area contributed by atoms with Crippen molar-refractivity contribution >= 4 is 35.4 Å². The fraction of sp³-hybridized carbons (Fsp3) is 0.571. The van der Waals surface area contributed by atoms with Gasteiger partial charge in [-0.3, -0.25) is 0 Å². The monoisotopic (exact) mass is 605 g/mol. The van der Waals surface area contributed by atoms with Gasteiger partial charge in [-0.05, 0) is 0 Å². The standard InChI is InChI=1S/C21H29Ge.2ClH.Hf/c1-14-15(2)20-17(19(14)16-10-7-8-11-16)12-9-13-18(22(5)6)21(20,3)4;;;/h7-8,10H,9,11-13H2,1-6H3;2*1H;/q;;;+2/p-2. The average molecular weight is 603 g/mol. The Labute approximate surface area is 172 Å². The Kier molecular flexibility index (Phi) is 6.03. The molecule has 0 aromatic rings. The predicted molar refractivity (Wildman–Crippen MR) is 112 cm³/mol. The average Bonchev–Trinajstić information content (AvgIpc) is 3.07. The van der Waals surface area contributed by atoms with Gasteiger partial charge in [0.05, 0.1) is 0 Å². The van der Waals surface area contributed by atoms with Gasteiger partial charge in [0.2, 0.25) is 0 Å². The molecule has 0 N–H and O–H groups in total. The summed E-state index contributed by atoms with van der Waals surface area (Å²) in [6.45, 7) is 9.62. The molecule has 0 aromatic heterocycles. The van der Waals surface area contributed by atoms with Crippen molar-refractivity contribution in [3.05, 3.63) is 46.1 Å². The van der Waals surface area contributed by atoms with E-state index in [1.165, 1.54) is 36.0 Å². The zero-order chi connectivity index (χ0) is 18.6. The molecule has 0 heterocycles. The van der Waals surface area contributed by atoms with Crippen molar-refractivity contribution in [3.63, 3.8) is 0 Å². The van der Waals surface area contributed by atoms with Crippen LogP contribution >= 0.6 is 17.2 Å². The molecule has 0 aliphatic heterocycles. The normalized spacial score (nSPS) is 28.3. The van der Waals surface area contributed by atoms with Crippen molar-refractivity contribution < 1.29 is 19.1 Å². The van der Waals surface area contributed by atoms with Gasteiger partial charge in [0.25, 0.3) is 0 Å². The van der Waals surface area contributed by atoms with Crippen molar-refractivity contribution in [2.45, 2.75) is 68.1 Å². The topological polar surface area (TPSA) is 0 Å². The molecule has 0 fully saturated rings. The van der Waals surface area contributed by atoms with Crippen LogP contribution in [0.2, 0.25) is 14.7 Å². The maximum atomic E-state index is 6.99. The van der Waals surface area contributed by atoms with Gasteiger partial charge < -0.3 is 0 Å². The van der Waals surface area contributed by atoms with E-state index in [4.69, 9.17) is 17.2 Å². The third-order valence-electron chi connectivity index (χ3n) is 6.63. The van der Waals surface area contributed by atoms with Gasteiger partial charge in [-0.15, -0.1) is 0 Å². The van der Waals surface area contributed by atoms with Crippen molar-refractivity contribution in [3.8, 4) is 0 Å². The first kappa shape index (κ1) is 20.6. The van der Waals surface area contributed by atoms with Gasteiger partial charge in [-0.25, -0.2) is 0 Å². The van der Waals surface area contributed by atoms with Crippen molar-refractivity contribution in [1.82, 2.24) is 0 Å². The summed E-state index contributed by atoms with van der Waals surface area (Å²) in [5.41, 5.74) is 7.86. The van der Waals surface area contributed by atoms with E-state index < -0.39 is 33.0 Å². The Hall–Kier alpha value is 0.823. The minimum atomic E-state index is -2.84. The molecule has 135 valence electrons. The fourth-order valence-corrected chi connectivity index (χ4v) is 21.0. The van der Waals surface area contributed by atoms with E-state index in [0.717, 1.165) is 6.42 Å². The summed E-state index contributed by atoms with van der Waals surface area (Å²) in [7, 11) is 14.0. The minimum absolute atomic E-state index is 0.0783. The second-order valence-corrected chi connectivity index (χ2v) is 26.2. The van der Waals surface area contributed by atoms with Crippen molar-refractivity contribution in [2.24, 2.45) is 5.41 Å². The Morgan fingerprint density at radius 3 is 2.32 bits per heavy atom. The van der Waals surface area contributed by atoms with Crippen LogP contribution in [0.4, 0.5) is 0 Å². The number of allylic oxidation sites excluding steroid dienone is 8. The van der Waals surface area contributed by atoms with Crippen molar-refractivity contribution in [2.75, 3.05) is 0 Å². The molecule has 4 heteroatoms. The maximum absolute atomic E-state index is 6.99. The van der Waals surface area contributed by atoms with E-state index in [0.29, 0.717) is 0 Å². The Morgan fingerprint density at radius 1 is 1.12 bits per heavy atom. The molecule has 0 saturated carbocycles. The summed E-state index contributed by atoms with van der Waals surface area (Å²) >= 11 is -3.94. The Balaban J connectivity index is 2.33. The second-order valence-electron chi connectivity index (χ2n) is 8.40. The molecule has 25 heavy (non-hydrogen) atoms. The summed E-state index contributed by atoms with van der Waals surface area (Å²) in [5.74, 6) is 5.04. The van der Waals surface area contributed by atoms with Crippen LogP contribution in [-0.4, -0.2) is 18.3 Å². The van der Waals surface area contributed by atoms with Gasteiger partial charge in [-0.2, -0.15) is 0 Å². The van der Waals surface area contributed by atoms with E-state index in [-0.39, 0.29) is 8.59 Å². The zero-order valence-corrected chi connectivity index (χ0v) is 23.5. The third-order valence-corrected chi connectivity index (χ3v) is 21.3. The number of rotatable bonds is 2. The first-order valence-corrected chi connectivity index (χ1v) is 25.2. The molecule has 0 nitrogen and oxygen atoms in total. The van der Waals surface area contributed by atoms with E-state index in [9.17, 15) is 0 Å². The van der Waals surface area contributed by atoms with Crippen LogP contribution in [0.5, 0.6) is 0 Å². The molecule has 1 unspecified atom stereocenters. The SMILES string of the molecule is CC1=C(C)[C](C2=CC=CC2)([Hf]([Cl])[Cl])C2=C1C(C)(C)[C](=[Ge]([CH3])[CH3])CCC2. The van der Waals surface area contributed by atoms with E-state index in [2.05, 4.69) is 57.4 Å². The van der Waals surface area contributed by atoms with Gasteiger partial charge in [0.15, 0.2) is 0 Å². The Bertz CT molecular complexity index is 761. The molecule has 1 atom stereocenters. The summed E-state index contributed by atoms with van der Waals surface area (Å²) in [5, 5.41) is 0. The molecule has 0 saturated heterocycles. The summed E-state index contributed by atoms with van der Waals surface area (Å²) in [6, 6.07) is 0. The first-order valence-electron chi connectivity index (χ1n) is 9.30. The van der Waals surface area contributed by atoms with Crippen LogP contribution in [0.1, 0.15) is 53.4 Å². The molecule has 3 rings (SSSR count). The fourth-order valence-electron chi connectivity index (χ4n) is 5.58. The molecule has 0 aromatic carbocycles. The zero-order valence-electron chi connectivity index (χ0n) is 16.3. The first-order chi connectivity index (χ1) is 11.7. The quantitative estimate of drug-likeness (QED) is 0.290. The van der Waals surface area contributed by atoms with E-state index in [1.807, 2.05) is 4.35 Å².